The molecule has 0 spiro atoms. The molecule has 0 aromatic carbocycles. The summed E-state index contributed by atoms with van der Waals surface area (Å²) in [4.78, 5) is 0. The average molecular weight is 231 g/mol. The number of rotatable bonds is 3. The Kier molecular flexibility index (Phi) is 3.79. The van der Waals surface area contributed by atoms with Gasteiger partial charge in [-0.05, 0) is 18.8 Å². The van der Waals surface area contributed by atoms with Crippen LogP contribution in [0.2, 0.25) is 5.02 Å². The van der Waals surface area contributed by atoms with Gasteiger partial charge in [-0.15, -0.1) is 0 Å². The Morgan fingerprint density at radius 1 is 1.53 bits per heavy atom. The minimum atomic E-state index is -0.542. The SMILES string of the molecule is CCn1ncc(Cl)c1C(O)CC(C)(C)C. The lowest BCUT2D eigenvalue weighted by Gasteiger charge is -2.23. The fraction of sp³-hybridized carbons (Fsp3) is 0.727. The molecule has 1 N–H and O–H groups in total. The van der Waals surface area contributed by atoms with E-state index < -0.39 is 6.10 Å². The molecule has 0 aliphatic carbocycles. The van der Waals surface area contributed by atoms with Crippen LogP contribution in [-0.2, 0) is 6.54 Å². The van der Waals surface area contributed by atoms with Crippen LogP contribution >= 0.6 is 11.6 Å². The summed E-state index contributed by atoms with van der Waals surface area (Å²) in [5, 5.41) is 14.8. The Hall–Kier alpha value is -0.540. The van der Waals surface area contributed by atoms with E-state index in [1.54, 1.807) is 10.9 Å². The van der Waals surface area contributed by atoms with Crippen molar-refractivity contribution in [2.24, 2.45) is 5.41 Å². The van der Waals surface area contributed by atoms with E-state index in [0.717, 1.165) is 12.2 Å². The summed E-state index contributed by atoms with van der Waals surface area (Å²) in [5.74, 6) is 0. The van der Waals surface area contributed by atoms with Gasteiger partial charge in [-0.1, -0.05) is 32.4 Å². The van der Waals surface area contributed by atoms with E-state index >= 15 is 0 Å². The highest BCUT2D eigenvalue weighted by Crippen LogP contribution is 2.32. The van der Waals surface area contributed by atoms with E-state index in [1.807, 2.05) is 6.92 Å². The van der Waals surface area contributed by atoms with Crippen molar-refractivity contribution in [1.29, 1.82) is 0 Å². The van der Waals surface area contributed by atoms with Gasteiger partial charge in [0.1, 0.15) is 0 Å². The number of aromatic nitrogens is 2. The van der Waals surface area contributed by atoms with Gasteiger partial charge in [0.2, 0.25) is 0 Å². The first-order valence-corrected chi connectivity index (χ1v) is 5.62. The molecule has 0 amide bonds. The molecule has 0 fully saturated rings. The Balaban J connectivity index is 2.90. The van der Waals surface area contributed by atoms with Gasteiger partial charge in [0.15, 0.2) is 0 Å². The standard InChI is InChI=1S/C11H19ClN2O/c1-5-14-10(8(12)7-13-14)9(15)6-11(2,3)4/h7,9,15H,5-6H2,1-4H3. The minimum Gasteiger partial charge on any atom is -0.387 e. The van der Waals surface area contributed by atoms with E-state index in [9.17, 15) is 5.11 Å². The predicted octanol–water partition coefficient (Wildman–Crippen LogP) is 3.03. The van der Waals surface area contributed by atoms with Crippen LogP contribution in [0.3, 0.4) is 0 Å². The van der Waals surface area contributed by atoms with Crippen LogP contribution in [0.15, 0.2) is 6.20 Å². The average Bonchev–Trinajstić information content (AvgIpc) is 2.43. The van der Waals surface area contributed by atoms with E-state index in [-0.39, 0.29) is 5.41 Å². The van der Waals surface area contributed by atoms with Gasteiger partial charge >= 0.3 is 0 Å². The van der Waals surface area contributed by atoms with Gasteiger partial charge in [-0.2, -0.15) is 5.10 Å². The summed E-state index contributed by atoms with van der Waals surface area (Å²) in [6.45, 7) is 8.99. The summed E-state index contributed by atoms with van der Waals surface area (Å²) in [6.07, 6.45) is 1.73. The molecule has 4 heteroatoms. The molecule has 0 saturated heterocycles. The lowest BCUT2D eigenvalue weighted by molar-refractivity contribution is 0.114. The summed E-state index contributed by atoms with van der Waals surface area (Å²) in [5.41, 5.74) is 0.806. The summed E-state index contributed by atoms with van der Waals surface area (Å²) >= 11 is 6.00. The predicted molar refractivity (Wildman–Crippen MR) is 61.9 cm³/mol. The maximum absolute atomic E-state index is 10.1. The van der Waals surface area contributed by atoms with Crippen LogP contribution in [-0.4, -0.2) is 14.9 Å². The highest BCUT2D eigenvalue weighted by atomic mass is 35.5. The second-order valence-corrected chi connectivity index (χ2v) is 5.38. The summed E-state index contributed by atoms with van der Waals surface area (Å²) < 4.78 is 1.75. The molecule has 1 unspecified atom stereocenters. The third-order valence-electron chi connectivity index (χ3n) is 2.25. The van der Waals surface area contributed by atoms with Gasteiger partial charge in [0.05, 0.1) is 23.0 Å². The molecule has 0 aliphatic rings. The van der Waals surface area contributed by atoms with Gasteiger partial charge in [0, 0.05) is 6.54 Å². The molecule has 0 bridgehead atoms. The van der Waals surface area contributed by atoms with Crippen LogP contribution in [0.5, 0.6) is 0 Å². The first-order valence-electron chi connectivity index (χ1n) is 5.24. The molecule has 1 heterocycles. The number of hydrogen-bond acceptors (Lipinski definition) is 2. The van der Waals surface area contributed by atoms with Gasteiger partial charge < -0.3 is 5.11 Å². The van der Waals surface area contributed by atoms with Gasteiger partial charge in [-0.25, -0.2) is 0 Å². The zero-order chi connectivity index (χ0) is 11.6. The van der Waals surface area contributed by atoms with Crippen molar-refractivity contribution >= 4 is 11.6 Å². The number of halogens is 1. The number of nitrogens with zero attached hydrogens (tertiary/aromatic N) is 2. The van der Waals surface area contributed by atoms with E-state index in [1.165, 1.54) is 0 Å². The Bertz CT molecular complexity index is 328. The van der Waals surface area contributed by atoms with E-state index in [4.69, 9.17) is 11.6 Å². The normalized spacial score (nSPS) is 14.3. The van der Waals surface area contributed by atoms with Crippen molar-refractivity contribution in [3.8, 4) is 0 Å². The minimum absolute atomic E-state index is 0.0750. The highest BCUT2D eigenvalue weighted by Gasteiger charge is 2.23. The first kappa shape index (κ1) is 12.5. The Morgan fingerprint density at radius 2 is 2.13 bits per heavy atom. The molecule has 0 radical (unpaired) electrons. The van der Waals surface area contributed by atoms with Crippen molar-refractivity contribution in [1.82, 2.24) is 9.78 Å². The summed E-state index contributed by atoms with van der Waals surface area (Å²) in [6, 6.07) is 0. The van der Waals surface area contributed by atoms with E-state index in [2.05, 4.69) is 25.9 Å². The molecule has 1 atom stereocenters. The van der Waals surface area contributed by atoms with Crippen LogP contribution in [0, 0.1) is 5.41 Å². The van der Waals surface area contributed by atoms with Crippen molar-refractivity contribution in [3.63, 3.8) is 0 Å². The fourth-order valence-electron chi connectivity index (χ4n) is 1.63. The lowest BCUT2D eigenvalue weighted by Crippen LogP contribution is -2.15. The molecular weight excluding hydrogens is 212 g/mol. The van der Waals surface area contributed by atoms with Gasteiger partial charge in [-0.3, -0.25) is 4.68 Å². The van der Waals surface area contributed by atoms with E-state index in [0.29, 0.717) is 11.4 Å². The molecule has 15 heavy (non-hydrogen) atoms. The molecule has 3 nitrogen and oxygen atoms in total. The maximum atomic E-state index is 10.1. The zero-order valence-electron chi connectivity index (χ0n) is 9.79. The molecule has 86 valence electrons. The molecule has 1 rings (SSSR count). The molecule has 1 aromatic heterocycles. The number of aryl methyl sites for hydroxylation is 1. The smallest absolute Gasteiger partial charge is 0.0976 e. The molecule has 0 aliphatic heterocycles. The van der Waals surface area contributed by atoms with Crippen LogP contribution in [0.4, 0.5) is 0 Å². The van der Waals surface area contributed by atoms with Crippen LogP contribution in [0.25, 0.3) is 0 Å². The van der Waals surface area contributed by atoms with Gasteiger partial charge in [0.25, 0.3) is 0 Å². The van der Waals surface area contributed by atoms with Crippen LogP contribution in [0.1, 0.15) is 45.9 Å². The zero-order valence-corrected chi connectivity index (χ0v) is 10.5. The number of aliphatic hydroxyl groups is 1. The fourth-order valence-corrected chi connectivity index (χ4v) is 1.90. The highest BCUT2D eigenvalue weighted by molar-refractivity contribution is 6.31. The van der Waals surface area contributed by atoms with Crippen molar-refractivity contribution in [3.05, 3.63) is 16.9 Å². The molecule has 0 saturated carbocycles. The quantitative estimate of drug-likeness (QED) is 0.867. The second-order valence-electron chi connectivity index (χ2n) is 4.97. The third-order valence-corrected chi connectivity index (χ3v) is 2.55. The second kappa shape index (κ2) is 4.54. The molecule has 1 aromatic rings. The van der Waals surface area contributed by atoms with Crippen LogP contribution < -0.4 is 0 Å². The largest absolute Gasteiger partial charge is 0.387 e. The Labute approximate surface area is 96.1 Å². The maximum Gasteiger partial charge on any atom is 0.0976 e. The topological polar surface area (TPSA) is 38.0 Å². The Morgan fingerprint density at radius 3 is 2.60 bits per heavy atom. The number of hydrogen-bond donors (Lipinski definition) is 1. The number of aliphatic hydroxyl groups excluding tert-OH is 1. The molecular formula is C11H19ClN2O. The van der Waals surface area contributed by atoms with Crippen molar-refractivity contribution in [2.75, 3.05) is 0 Å². The van der Waals surface area contributed by atoms with Crippen molar-refractivity contribution < 1.29 is 5.11 Å². The van der Waals surface area contributed by atoms with Crippen molar-refractivity contribution in [2.45, 2.75) is 46.8 Å². The summed E-state index contributed by atoms with van der Waals surface area (Å²) in [7, 11) is 0. The first-order chi connectivity index (χ1) is 6.85. The monoisotopic (exact) mass is 230 g/mol. The lowest BCUT2D eigenvalue weighted by atomic mass is 9.88. The third kappa shape index (κ3) is 3.21.